The first kappa shape index (κ1) is 13.6. The predicted octanol–water partition coefficient (Wildman–Crippen LogP) is 0.235. The van der Waals surface area contributed by atoms with Crippen molar-refractivity contribution in [2.24, 2.45) is 0 Å². The molecule has 0 aromatic heterocycles. The van der Waals surface area contributed by atoms with Crippen LogP contribution in [-0.2, 0) is 11.3 Å². The van der Waals surface area contributed by atoms with Crippen LogP contribution < -0.4 is 16.0 Å². The van der Waals surface area contributed by atoms with Gasteiger partial charge >= 0.3 is 6.03 Å². The normalized spacial score (nSPS) is 9.06. The van der Waals surface area contributed by atoms with Crippen molar-refractivity contribution in [3.8, 4) is 12.3 Å². The Labute approximate surface area is 106 Å². The summed E-state index contributed by atoms with van der Waals surface area (Å²) in [5, 5.41) is 7.51. The average Bonchev–Trinajstić information content (AvgIpc) is 2.41. The van der Waals surface area contributed by atoms with Gasteiger partial charge in [-0.1, -0.05) is 36.3 Å². The average molecular weight is 245 g/mol. The number of amides is 3. The van der Waals surface area contributed by atoms with E-state index in [2.05, 4.69) is 21.9 Å². The van der Waals surface area contributed by atoms with Crippen molar-refractivity contribution < 1.29 is 9.59 Å². The van der Waals surface area contributed by atoms with Crippen LogP contribution in [0.5, 0.6) is 0 Å². The summed E-state index contributed by atoms with van der Waals surface area (Å²) in [6.45, 7) is 0.479. The lowest BCUT2D eigenvalue weighted by molar-refractivity contribution is -0.119. The molecule has 0 aliphatic rings. The molecule has 18 heavy (non-hydrogen) atoms. The molecule has 0 aliphatic carbocycles. The summed E-state index contributed by atoms with van der Waals surface area (Å²) >= 11 is 0. The van der Waals surface area contributed by atoms with Crippen molar-refractivity contribution in [3.05, 3.63) is 35.9 Å². The van der Waals surface area contributed by atoms with Gasteiger partial charge in [0.25, 0.3) is 0 Å². The SMILES string of the molecule is C#CCNC(=O)CNC(=O)NCc1ccccc1. The van der Waals surface area contributed by atoms with Crippen LogP contribution in [0.25, 0.3) is 0 Å². The van der Waals surface area contributed by atoms with Crippen molar-refractivity contribution in [2.45, 2.75) is 6.54 Å². The second kappa shape index (κ2) is 7.74. The molecule has 5 nitrogen and oxygen atoms in total. The van der Waals surface area contributed by atoms with Gasteiger partial charge in [0.2, 0.25) is 5.91 Å². The molecular formula is C13H15N3O2. The fourth-order valence-electron chi connectivity index (χ4n) is 1.21. The largest absolute Gasteiger partial charge is 0.344 e. The molecule has 1 rings (SSSR count). The third-order valence-electron chi connectivity index (χ3n) is 2.09. The molecule has 0 saturated carbocycles. The quantitative estimate of drug-likeness (QED) is 0.650. The van der Waals surface area contributed by atoms with Crippen molar-refractivity contribution >= 4 is 11.9 Å². The van der Waals surface area contributed by atoms with E-state index in [1.165, 1.54) is 0 Å². The highest BCUT2D eigenvalue weighted by Gasteiger charge is 2.03. The molecule has 0 unspecified atom stereocenters. The molecule has 0 heterocycles. The van der Waals surface area contributed by atoms with Gasteiger partial charge in [0, 0.05) is 6.54 Å². The molecule has 0 fully saturated rings. The number of urea groups is 1. The van der Waals surface area contributed by atoms with E-state index in [9.17, 15) is 9.59 Å². The van der Waals surface area contributed by atoms with Crippen LogP contribution in [0.1, 0.15) is 5.56 Å². The van der Waals surface area contributed by atoms with Gasteiger partial charge in [-0.25, -0.2) is 4.79 Å². The maximum Gasteiger partial charge on any atom is 0.315 e. The third kappa shape index (κ3) is 5.56. The Bertz CT molecular complexity index is 437. The van der Waals surface area contributed by atoms with Crippen LogP contribution in [0.2, 0.25) is 0 Å². The number of nitrogens with one attached hydrogen (secondary N) is 3. The van der Waals surface area contributed by atoms with Crippen LogP contribution in [0.15, 0.2) is 30.3 Å². The van der Waals surface area contributed by atoms with Crippen LogP contribution >= 0.6 is 0 Å². The fraction of sp³-hybridized carbons (Fsp3) is 0.231. The van der Waals surface area contributed by atoms with Gasteiger partial charge in [-0.3, -0.25) is 4.79 Å². The summed E-state index contributed by atoms with van der Waals surface area (Å²) in [6, 6.07) is 9.10. The van der Waals surface area contributed by atoms with Crippen LogP contribution in [-0.4, -0.2) is 25.0 Å². The molecule has 94 valence electrons. The summed E-state index contributed by atoms with van der Waals surface area (Å²) < 4.78 is 0. The number of hydrogen-bond acceptors (Lipinski definition) is 2. The van der Waals surface area contributed by atoms with Gasteiger partial charge in [0.05, 0.1) is 13.1 Å². The zero-order chi connectivity index (χ0) is 13.2. The topological polar surface area (TPSA) is 70.2 Å². The van der Waals surface area contributed by atoms with E-state index >= 15 is 0 Å². The Hall–Kier alpha value is -2.48. The first-order valence-corrected chi connectivity index (χ1v) is 5.48. The monoisotopic (exact) mass is 245 g/mol. The number of terminal acetylenes is 1. The summed E-state index contributed by atoms with van der Waals surface area (Å²) in [7, 11) is 0. The molecule has 0 atom stereocenters. The van der Waals surface area contributed by atoms with Gasteiger partial charge in [0.1, 0.15) is 0 Å². The number of benzene rings is 1. The highest BCUT2D eigenvalue weighted by molar-refractivity contribution is 5.83. The van der Waals surface area contributed by atoms with Gasteiger partial charge in [-0.2, -0.15) is 0 Å². The van der Waals surface area contributed by atoms with E-state index in [0.29, 0.717) is 6.54 Å². The summed E-state index contributed by atoms with van der Waals surface area (Å²) in [5.41, 5.74) is 0.990. The van der Waals surface area contributed by atoms with Gasteiger partial charge in [0.15, 0.2) is 0 Å². The van der Waals surface area contributed by atoms with Gasteiger partial charge < -0.3 is 16.0 Å². The van der Waals surface area contributed by atoms with E-state index < -0.39 is 6.03 Å². The maximum atomic E-state index is 11.4. The third-order valence-corrected chi connectivity index (χ3v) is 2.09. The standard InChI is InChI=1S/C13H15N3O2/c1-2-8-14-12(17)10-16-13(18)15-9-11-6-4-3-5-7-11/h1,3-7H,8-10H2,(H,14,17)(H2,15,16,18). The van der Waals surface area contributed by atoms with Crippen molar-refractivity contribution in [1.29, 1.82) is 0 Å². The smallest absolute Gasteiger partial charge is 0.315 e. The highest BCUT2D eigenvalue weighted by Crippen LogP contribution is 1.96. The summed E-state index contributed by atoms with van der Waals surface area (Å²) in [4.78, 5) is 22.5. The fourth-order valence-corrected chi connectivity index (χ4v) is 1.21. The summed E-state index contributed by atoms with van der Waals surface area (Å²) in [6.07, 6.45) is 4.98. The highest BCUT2D eigenvalue weighted by atomic mass is 16.2. The molecule has 0 saturated heterocycles. The Morgan fingerprint density at radius 1 is 1.11 bits per heavy atom. The lowest BCUT2D eigenvalue weighted by Gasteiger charge is -2.07. The van der Waals surface area contributed by atoms with E-state index in [1.54, 1.807) is 0 Å². The minimum absolute atomic E-state index is 0.0949. The second-order valence-electron chi connectivity index (χ2n) is 3.50. The molecule has 0 aliphatic heterocycles. The zero-order valence-electron chi connectivity index (χ0n) is 9.90. The first-order valence-electron chi connectivity index (χ1n) is 5.48. The van der Waals surface area contributed by atoms with Gasteiger partial charge in [-0.15, -0.1) is 6.42 Å². The predicted molar refractivity (Wildman–Crippen MR) is 68.5 cm³/mol. The van der Waals surface area contributed by atoms with Crippen LogP contribution in [0, 0.1) is 12.3 Å². The first-order chi connectivity index (χ1) is 8.72. The van der Waals surface area contributed by atoms with E-state index in [1.807, 2.05) is 30.3 Å². The summed E-state index contributed by atoms with van der Waals surface area (Å²) in [5.74, 6) is 1.96. The maximum absolute atomic E-state index is 11.4. The molecule has 0 bridgehead atoms. The number of hydrogen-bond donors (Lipinski definition) is 3. The van der Waals surface area contributed by atoms with E-state index in [-0.39, 0.29) is 19.0 Å². The van der Waals surface area contributed by atoms with Crippen molar-refractivity contribution in [3.63, 3.8) is 0 Å². The molecule has 3 amide bonds. The molecular weight excluding hydrogens is 230 g/mol. The van der Waals surface area contributed by atoms with E-state index in [4.69, 9.17) is 6.42 Å². The Kier molecular flexibility index (Phi) is 5.84. The zero-order valence-corrected chi connectivity index (χ0v) is 9.90. The Balaban J connectivity index is 2.18. The van der Waals surface area contributed by atoms with Gasteiger partial charge in [-0.05, 0) is 5.56 Å². The lowest BCUT2D eigenvalue weighted by atomic mass is 10.2. The van der Waals surface area contributed by atoms with E-state index in [0.717, 1.165) is 5.56 Å². The number of carbonyl (C=O) groups is 2. The molecule has 3 N–H and O–H groups in total. The minimum Gasteiger partial charge on any atom is -0.344 e. The van der Waals surface area contributed by atoms with Crippen molar-refractivity contribution in [1.82, 2.24) is 16.0 Å². The Morgan fingerprint density at radius 2 is 1.83 bits per heavy atom. The number of rotatable bonds is 5. The lowest BCUT2D eigenvalue weighted by Crippen LogP contribution is -2.41. The molecule has 5 heteroatoms. The molecule has 1 aromatic carbocycles. The van der Waals surface area contributed by atoms with Crippen LogP contribution in [0.4, 0.5) is 4.79 Å². The number of carbonyl (C=O) groups excluding carboxylic acids is 2. The minimum atomic E-state index is -0.394. The molecule has 1 aromatic rings. The van der Waals surface area contributed by atoms with Crippen LogP contribution in [0.3, 0.4) is 0 Å². The van der Waals surface area contributed by atoms with Crippen molar-refractivity contribution in [2.75, 3.05) is 13.1 Å². The Morgan fingerprint density at radius 3 is 2.50 bits per heavy atom. The second-order valence-corrected chi connectivity index (χ2v) is 3.50. The molecule has 0 spiro atoms. The molecule has 0 radical (unpaired) electrons.